The molecule has 38 heavy (non-hydrogen) atoms. The van der Waals surface area contributed by atoms with Crippen LogP contribution in [0.1, 0.15) is 70.2 Å². The van der Waals surface area contributed by atoms with Crippen molar-refractivity contribution in [3.63, 3.8) is 0 Å². The molecule has 2 heterocycles. The Morgan fingerprint density at radius 1 is 1.03 bits per heavy atom. The van der Waals surface area contributed by atoms with Gasteiger partial charge in [-0.2, -0.15) is 0 Å². The summed E-state index contributed by atoms with van der Waals surface area (Å²) in [6, 6.07) is 13.0. The SMILES string of the molecule is CCOC(=O)C1=C(C)N=c2s/c(=C\c3ccc(C(C)C)cc3)c(=O)n2[C@@H]1c1ccc(OCC)c(OCC)c1. The molecule has 7 nitrogen and oxygen atoms in total. The first-order chi connectivity index (χ1) is 18.3. The summed E-state index contributed by atoms with van der Waals surface area (Å²) in [4.78, 5) is 32.2. The van der Waals surface area contributed by atoms with Gasteiger partial charge in [0.1, 0.15) is 0 Å². The van der Waals surface area contributed by atoms with Gasteiger partial charge in [0.2, 0.25) is 0 Å². The van der Waals surface area contributed by atoms with Crippen molar-refractivity contribution in [3.8, 4) is 11.5 Å². The summed E-state index contributed by atoms with van der Waals surface area (Å²) in [6.45, 7) is 12.8. The van der Waals surface area contributed by atoms with Crippen molar-refractivity contribution in [1.82, 2.24) is 4.57 Å². The molecule has 200 valence electrons. The molecule has 1 aromatic heterocycles. The van der Waals surface area contributed by atoms with E-state index in [1.165, 1.54) is 16.9 Å². The van der Waals surface area contributed by atoms with Crippen molar-refractivity contribution < 1.29 is 19.0 Å². The first-order valence-electron chi connectivity index (χ1n) is 13.0. The van der Waals surface area contributed by atoms with Gasteiger partial charge in [0.25, 0.3) is 5.56 Å². The molecule has 0 saturated heterocycles. The lowest BCUT2D eigenvalue weighted by Gasteiger charge is -2.25. The van der Waals surface area contributed by atoms with E-state index in [4.69, 9.17) is 14.2 Å². The maximum Gasteiger partial charge on any atom is 0.338 e. The fourth-order valence-corrected chi connectivity index (χ4v) is 5.52. The summed E-state index contributed by atoms with van der Waals surface area (Å²) in [5.41, 5.74) is 3.51. The quantitative estimate of drug-likeness (QED) is 0.371. The third kappa shape index (κ3) is 5.45. The van der Waals surface area contributed by atoms with Gasteiger partial charge < -0.3 is 14.2 Å². The van der Waals surface area contributed by atoms with Crippen LogP contribution >= 0.6 is 11.3 Å². The molecular formula is C30H34N2O5S. The van der Waals surface area contributed by atoms with Gasteiger partial charge in [0, 0.05) is 0 Å². The maximum absolute atomic E-state index is 13.8. The Hall–Kier alpha value is -3.65. The number of rotatable bonds is 9. The van der Waals surface area contributed by atoms with Crippen LogP contribution in [0.25, 0.3) is 6.08 Å². The first-order valence-corrected chi connectivity index (χ1v) is 13.8. The average molecular weight is 535 g/mol. The monoisotopic (exact) mass is 534 g/mol. The summed E-state index contributed by atoms with van der Waals surface area (Å²) in [5, 5.41) is 0. The van der Waals surface area contributed by atoms with E-state index >= 15 is 0 Å². The predicted molar refractivity (Wildman–Crippen MR) is 150 cm³/mol. The second-order valence-electron chi connectivity index (χ2n) is 9.20. The van der Waals surface area contributed by atoms with E-state index in [1.54, 1.807) is 18.4 Å². The summed E-state index contributed by atoms with van der Waals surface area (Å²) in [7, 11) is 0. The number of nitrogens with zero attached hydrogens (tertiary/aromatic N) is 2. The summed E-state index contributed by atoms with van der Waals surface area (Å²) in [5.74, 6) is 1.09. The molecule has 0 aliphatic carbocycles. The fourth-order valence-electron chi connectivity index (χ4n) is 4.47. The lowest BCUT2D eigenvalue weighted by molar-refractivity contribution is -0.139. The van der Waals surface area contributed by atoms with Crippen molar-refractivity contribution in [2.24, 2.45) is 4.99 Å². The summed E-state index contributed by atoms with van der Waals surface area (Å²) in [6.07, 6.45) is 1.87. The van der Waals surface area contributed by atoms with Crippen molar-refractivity contribution in [3.05, 3.63) is 90.1 Å². The lowest BCUT2D eigenvalue weighted by Crippen LogP contribution is -2.40. The minimum atomic E-state index is -0.717. The van der Waals surface area contributed by atoms with Crippen molar-refractivity contribution in [2.45, 2.75) is 53.5 Å². The Bertz CT molecular complexity index is 1530. The predicted octanol–water partition coefficient (Wildman–Crippen LogP) is 4.72. The molecule has 3 aromatic rings. The van der Waals surface area contributed by atoms with Crippen LogP contribution in [0.4, 0.5) is 0 Å². The average Bonchev–Trinajstić information content (AvgIpc) is 3.19. The number of aromatic nitrogens is 1. The topological polar surface area (TPSA) is 79.1 Å². The van der Waals surface area contributed by atoms with Crippen LogP contribution in [-0.2, 0) is 9.53 Å². The smallest absolute Gasteiger partial charge is 0.338 e. The molecule has 0 spiro atoms. The van der Waals surface area contributed by atoms with Crippen LogP contribution in [-0.4, -0.2) is 30.4 Å². The Morgan fingerprint density at radius 3 is 2.34 bits per heavy atom. The van der Waals surface area contributed by atoms with Gasteiger partial charge in [-0.1, -0.05) is 55.5 Å². The van der Waals surface area contributed by atoms with E-state index in [9.17, 15) is 9.59 Å². The van der Waals surface area contributed by atoms with Crippen molar-refractivity contribution in [2.75, 3.05) is 19.8 Å². The molecule has 1 atom stereocenters. The highest BCUT2D eigenvalue weighted by Crippen LogP contribution is 2.36. The van der Waals surface area contributed by atoms with Gasteiger partial charge in [-0.25, -0.2) is 9.79 Å². The number of thiazole rings is 1. The number of hydrogen-bond donors (Lipinski definition) is 0. The van der Waals surface area contributed by atoms with Crippen LogP contribution < -0.4 is 24.4 Å². The molecule has 0 radical (unpaired) electrons. The van der Waals surface area contributed by atoms with E-state index in [-0.39, 0.29) is 12.2 Å². The minimum absolute atomic E-state index is 0.215. The molecule has 2 aromatic carbocycles. The van der Waals surface area contributed by atoms with Gasteiger partial charge in [0.05, 0.1) is 41.7 Å². The molecule has 0 N–H and O–H groups in total. The largest absolute Gasteiger partial charge is 0.490 e. The maximum atomic E-state index is 13.8. The number of carbonyl (C=O) groups excluding carboxylic acids is 1. The highest BCUT2D eigenvalue weighted by atomic mass is 32.1. The van der Waals surface area contributed by atoms with Crippen LogP contribution in [0, 0.1) is 0 Å². The van der Waals surface area contributed by atoms with Crippen LogP contribution in [0.5, 0.6) is 11.5 Å². The molecule has 0 fully saturated rings. The first kappa shape index (κ1) is 27.4. The molecule has 0 saturated carbocycles. The fraction of sp³-hybridized carbons (Fsp3) is 0.367. The molecule has 4 rings (SSSR count). The number of hydrogen-bond acceptors (Lipinski definition) is 7. The zero-order valence-electron chi connectivity index (χ0n) is 22.7. The third-order valence-corrected chi connectivity index (χ3v) is 7.28. The minimum Gasteiger partial charge on any atom is -0.490 e. The van der Waals surface area contributed by atoms with Gasteiger partial charge in [-0.3, -0.25) is 9.36 Å². The van der Waals surface area contributed by atoms with Crippen molar-refractivity contribution in [1.29, 1.82) is 0 Å². The highest BCUT2D eigenvalue weighted by Gasteiger charge is 2.34. The molecule has 8 heteroatoms. The van der Waals surface area contributed by atoms with Crippen LogP contribution in [0.15, 0.2) is 63.5 Å². The summed E-state index contributed by atoms with van der Waals surface area (Å²) < 4.78 is 19.1. The summed E-state index contributed by atoms with van der Waals surface area (Å²) >= 11 is 1.31. The van der Waals surface area contributed by atoms with Crippen molar-refractivity contribution >= 4 is 23.4 Å². The van der Waals surface area contributed by atoms with E-state index < -0.39 is 12.0 Å². The molecule has 0 bridgehead atoms. The molecular weight excluding hydrogens is 500 g/mol. The normalized spacial score (nSPS) is 15.3. The van der Waals surface area contributed by atoms with Gasteiger partial charge >= 0.3 is 5.97 Å². The second kappa shape index (κ2) is 11.8. The molecule has 1 aliphatic rings. The highest BCUT2D eigenvalue weighted by molar-refractivity contribution is 7.07. The van der Waals surface area contributed by atoms with Crippen LogP contribution in [0.2, 0.25) is 0 Å². The zero-order valence-corrected chi connectivity index (χ0v) is 23.6. The van der Waals surface area contributed by atoms with Crippen LogP contribution in [0.3, 0.4) is 0 Å². The standard InChI is InChI=1S/C30H34N2O5S/c1-7-35-23-15-14-22(17-24(23)36-8-2)27-26(29(34)37-9-3)19(6)31-30-32(27)28(33)25(38-30)16-20-10-12-21(13-11-20)18(4)5/h10-18,27H,7-9H2,1-6H3/b25-16-/t27-/m1/s1. The second-order valence-corrected chi connectivity index (χ2v) is 10.2. The Kier molecular flexibility index (Phi) is 8.52. The van der Waals surface area contributed by atoms with E-state index in [1.807, 2.05) is 50.3 Å². The number of ether oxygens (including phenoxy) is 3. The Morgan fingerprint density at radius 2 is 1.71 bits per heavy atom. The molecule has 0 unspecified atom stereocenters. The van der Waals surface area contributed by atoms with Gasteiger partial charge in [-0.15, -0.1) is 0 Å². The number of allylic oxidation sites excluding steroid dienone is 1. The zero-order chi connectivity index (χ0) is 27.4. The van der Waals surface area contributed by atoms with E-state index in [0.29, 0.717) is 56.8 Å². The van der Waals surface area contributed by atoms with Gasteiger partial charge in [-0.05, 0) is 68.5 Å². The molecule has 0 amide bonds. The van der Waals surface area contributed by atoms with E-state index in [0.717, 1.165) is 5.56 Å². The number of esters is 1. The van der Waals surface area contributed by atoms with Gasteiger partial charge in [0.15, 0.2) is 16.3 Å². The number of fused-ring (bicyclic) bond motifs is 1. The lowest BCUT2D eigenvalue weighted by atomic mass is 9.95. The number of benzene rings is 2. The number of carbonyl (C=O) groups is 1. The Labute approximate surface area is 226 Å². The van der Waals surface area contributed by atoms with E-state index in [2.05, 4.69) is 31.0 Å². The third-order valence-electron chi connectivity index (χ3n) is 6.30. The molecule has 1 aliphatic heterocycles. The Balaban J connectivity index is 1.91.